The van der Waals surface area contributed by atoms with Gasteiger partial charge in [0, 0.05) is 0 Å². The molecule has 0 bridgehead atoms. The molecule has 0 N–H and O–H groups in total. The first kappa shape index (κ1) is 11.2. The number of amides is 1. The Morgan fingerprint density at radius 1 is 1.44 bits per heavy atom. The second-order valence-corrected chi connectivity index (χ2v) is 4.78. The fourth-order valence-corrected chi connectivity index (χ4v) is 2.42. The van der Waals surface area contributed by atoms with E-state index in [2.05, 4.69) is 11.9 Å². The fraction of sp³-hybridized carbons (Fsp3) is 0.333. The Labute approximate surface area is 99.6 Å². The number of aliphatic imine (C=N–C) groups is 1. The lowest BCUT2D eigenvalue weighted by Gasteiger charge is -2.19. The Hall–Kier alpha value is -1.29. The van der Waals surface area contributed by atoms with Crippen LogP contribution in [0.5, 0.6) is 0 Å². The Kier molecular flexibility index (Phi) is 3.29. The minimum atomic E-state index is 0.0604. The van der Waals surface area contributed by atoms with E-state index in [0.29, 0.717) is 0 Å². The minimum absolute atomic E-state index is 0.0604. The second kappa shape index (κ2) is 4.70. The van der Waals surface area contributed by atoms with E-state index >= 15 is 0 Å². The third-order valence-corrected chi connectivity index (χ3v) is 3.28. The van der Waals surface area contributed by atoms with Gasteiger partial charge in [0.2, 0.25) is 0 Å². The van der Waals surface area contributed by atoms with Gasteiger partial charge in [-0.05, 0) is 24.3 Å². The molecule has 1 aliphatic heterocycles. The lowest BCUT2D eigenvalue weighted by Crippen LogP contribution is -2.31. The number of rotatable bonds is 2. The van der Waals surface area contributed by atoms with Crippen molar-refractivity contribution in [3.63, 3.8) is 0 Å². The first-order valence-electron chi connectivity index (χ1n) is 5.30. The van der Waals surface area contributed by atoms with Gasteiger partial charge in [0.05, 0.1) is 5.69 Å². The molecule has 0 saturated carbocycles. The molecule has 1 aromatic rings. The van der Waals surface area contributed by atoms with E-state index in [4.69, 9.17) is 0 Å². The summed E-state index contributed by atoms with van der Waals surface area (Å²) in [6, 6.07) is 7.89. The van der Waals surface area contributed by atoms with Gasteiger partial charge in [0.25, 0.3) is 5.91 Å². The molecule has 0 fully saturated rings. The maximum Gasteiger partial charge on any atom is 0.254 e. The molecule has 2 rings (SSSR count). The largest absolute Gasteiger partial charge is 0.272 e. The monoisotopic (exact) mass is 234 g/mol. The zero-order valence-corrected chi connectivity index (χ0v) is 10.3. The molecule has 0 atom stereocenters. The van der Waals surface area contributed by atoms with Crippen molar-refractivity contribution in [3.8, 4) is 0 Å². The van der Waals surface area contributed by atoms with Gasteiger partial charge in [-0.25, -0.2) is 0 Å². The maximum absolute atomic E-state index is 11.8. The van der Waals surface area contributed by atoms with Gasteiger partial charge >= 0.3 is 0 Å². The molecule has 1 aromatic carbocycles. The first-order chi connectivity index (χ1) is 7.74. The number of para-hydroxylation sites is 1. The van der Waals surface area contributed by atoms with Crippen LogP contribution in [-0.4, -0.2) is 23.4 Å². The van der Waals surface area contributed by atoms with E-state index in [0.717, 1.165) is 22.2 Å². The van der Waals surface area contributed by atoms with Gasteiger partial charge in [0.15, 0.2) is 5.17 Å². The number of aryl methyl sites for hydroxylation is 1. The summed E-state index contributed by atoms with van der Waals surface area (Å²) >= 11 is 1.61. The van der Waals surface area contributed by atoms with Crippen molar-refractivity contribution in [1.29, 1.82) is 0 Å². The molecule has 0 spiro atoms. The number of hydrogen-bond acceptors (Lipinski definition) is 3. The smallest absolute Gasteiger partial charge is 0.254 e. The zero-order chi connectivity index (χ0) is 11.5. The average molecular weight is 234 g/mol. The van der Waals surface area contributed by atoms with Crippen LogP contribution in [0, 0.1) is 6.92 Å². The third-order valence-electron chi connectivity index (χ3n) is 2.42. The van der Waals surface area contributed by atoms with Gasteiger partial charge < -0.3 is 0 Å². The molecule has 0 aliphatic carbocycles. The summed E-state index contributed by atoms with van der Waals surface area (Å²) in [4.78, 5) is 17.8. The first-order valence-corrected chi connectivity index (χ1v) is 6.28. The number of carbonyl (C=O) groups is 1. The minimum Gasteiger partial charge on any atom is -0.272 e. The number of benzene rings is 1. The molecule has 0 aromatic heterocycles. The third kappa shape index (κ3) is 1.97. The molecule has 0 radical (unpaired) electrons. The summed E-state index contributed by atoms with van der Waals surface area (Å²) in [5.74, 6) is 0.986. The molecule has 1 heterocycles. The molecule has 4 heteroatoms. The topological polar surface area (TPSA) is 32.7 Å². The van der Waals surface area contributed by atoms with Crippen LogP contribution < -0.4 is 4.90 Å². The highest BCUT2D eigenvalue weighted by molar-refractivity contribution is 8.14. The van der Waals surface area contributed by atoms with E-state index < -0.39 is 0 Å². The highest BCUT2D eigenvalue weighted by Gasteiger charge is 2.27. The lowest BCUT2D eigenvalue weighted by atomic mass is 10.2. The van der Waals surface area contributed by atoms with Crippen molar-refractivity contribution in [2.24, 2.45) is 4.99 Å². The quantitative estimate of drug-likeness (QED) is 0.787. The lowest BCUT2D eigenvalue weighted by molar-refractivity contribution is -0.115. The molecule has 3 nitrogen and oxygen atoms in total. The molecule has 0 unspecified atom stereocenters. The predicted octanol–water partition coefficient (Wildman–Crippen LogP) is 2.45. The van der Waals surface area contributed by atoms with Crippen LogP contribution in [0.1, 0.15) is 12.5 Å². The summed E-state index contributed by atoms with van der Waals surface area (Å²) in [6.07, 6.45) is 0. The Balaban J connectivity index is 2.35. The molecule has 1 aliphatic rings. The van der Waals surface area contributed by atoms with Crippen LogP contribution in [0.2, 0.25) is 0 Å². The normalized spacial score (nSPS) is 15.5. The van der Waals surface area contributed by atoms with Crippen LogP contribution in [0.4, 0.5) is 5.69 Å². The van der Waals surface area contributed by atoms with Crippen LogP contribution in [0.15, 0.2) is 29.3 Å². The van der Waals surface area contributed by atoms with Crippen molar-refractivity contribution in [2.75, 3.05) is 17.2 Å². The van der Waals surface area contributed by atoms with Crippen molar-refractivity contribution < 1.29 is 4.79 Å². The molecule has 16 heavy (non-hydrogen) atoms. The van der Waals surface area contributed by atoms with Crippen LogP contribution >= 0.6 is 11.8 Å². The molecule has 1 amide bonds. The van der Waals surface area contributed by atoms with E-state index in [9.17, 15) is 4.79 Å². The molecular weight excluding hydrogens is 220 g/mol. The van der Waals surface area contributed by atoms with Crippen molar-refractivity contribution >= 4 is 28.5 Å². The summed E-state index contributed by atoms with van der Waals surface area (Å²) in [6.45, 7) is 4.35. The van der Waals surface area contributed by atoms with Gasteiger partial charge in [-0.2, -0.15) is 0 Å². The van der Waals surface area contributed by atoms with Gasteiger partial charge in [-0.3, -0.25) is 14.7 Å². The number of thioether (sulfide) groups is 1. The standard InChI is InChI=1S/C12H14N2OS/c1-3-16-12-13-8-11(15)14(12)10-7-5-4-6-9(10)2/h4-7H,3,8H2,1-2H3. The van der Waals surface area contributed by atoms with E-state index in [-0.39, 0.29) is 12.5 Å². The second-order valence-electron chi connectivity index (χ2n) is 3.55. The van der Waals surface area contributed by atoms with Crippen molar-refractivity contribution in [1.82, 2.24) is 0 Å². The summed E-state index contributed by atoms with van der Waals surface area (Å²) in [5.41, 5.74) is 2.05. The summed E-state index contributed by atoms with van der Waals surface area (Å²) in [5, 5.41) is 0.821. The average Bonchev–Trinajstić information content (AvgIpc) is 2.62. The van der Waals surface area contributed by atoms with E-state index in [1.165, 1.54) is 0 Å². The SMILES string of the molecule is CCSC1=NCC(=O)N1c1ccccc1C. The Morgan fingerprint density at radius 3 is 2.88 bits per heavy atom. The fourth-order valence-electron chi connectivity index (χ4n) is 1.67. The maximum atomic E-state index is 11.8. The van der Waals surface area contributed by atoms with E-state index in [1.807, 2.05) is 31.2 Å². The molecule has 84 valence electrons. The van der Waals surface area contributed by atoms with Crippen molar-refractivity contribution in [3.05, 3.63) is 29.8 Å². The predicted molar refractivity (Wildman–Crippen MR) is 69.1 cm³/mol. The van der Waals surface area contributed by atoms with Gasteiger partial charge in [-0.1, -0.05) is 36.9 Å². The van der Waals surface area contributed by atoms with Crippen LogP contribution in [-0.2, 0) is 4.79 Å². The van der Waals surface area contributed by atoms with Crippen LogP contribution in [0.3, 0.4) is 0 Å². The number of anilines is 1. The highest BCUT2D eigenvalue weighted by atomic mass is 32.2. The number of amidine groups is 1. The Bertz CT molecular complexity index is 442. The highest BCUT2D eigenvalue weighted by Crippen LogP contribution is 2.26. The summed E-state index contributed by atoms with van der Waals surface area (Å²) in [7, 11) is 0. The summed E-state index contributed by atoms with van der Waals surface area (Å²) < 4.78 is 0. The number of carbonyl (C=O) groups excluding carboxylic acids is 1. The van der Waals surface area contributed by atoms with Crippen LogP contribution in [0.25, 0.3) is 0 Å². The van der Waals surface area contributed by atoms with Crippen molar-refractivity contribution in [2.45, 2.75) is 13.8 Å². The van der Waals surface area contributed by atoms with E-state index in [1.54, 1.807) is 16.7 Å². The molecule has 0 saturated heterocycles. The van der Waals surface area contributed by atoms with Gasteiger partial charge in [0.1, 0.15) is 6.54 Å². The zero-order valence-electron chi connectivity index (χ0n) is 9.43. The number of hydrogen-bond donors (Lipinski definition) is 0. The number of nitrogens with zero attached hydrogens (tertiary/aromatic N) is 2. The molecular formula is C12H14N2OS. The van der Waals surface area contributed by atoms with Gasteiger partial charge in [-0.15, -0.1) is 0 Å². The Morgan fingerprint density at radius 2 is 2.19 bits per heavy atom.